The average Bonchev–Trinajstić information content (AvgIpc) is 2.28. The van der Waals surface area contributed by atoms with Gasteiger partial charge < -0.3 is 20.9 Å². The maximum Gasteiger partial charge on any atom is 0.167 e. The second-order valence-corrected chi connectivity index (χ2v) is 3.90. The fourth-order valence-corrected chi connectivity index (χ4v) is 1.54. The SMILES string of the molecule is CCCC(O)CNc1cc(OC)c(F)cc1N. The van der Waals surface area contributed by atoms with Crippen molar-refractivity contribution in [2.24, 2.45) is 0 Å². The Labute approximate surface area is 101 Å². The highest BCUT2D eigenvalue weighted by atomic mass is 19.1. The van der Waals surface area contributed by atoms with Crippen LogP contribution in [0.25, 0.3) is 0 Å². The van der Waals surface area contributed by atoms with E-state index in [0.717, 1.165) is 6.42 Å². The van der Waals surface area contributed by atoms with Gasteiger partial charge >= 0.3 is 0 Å². The summed E-state index contributed by atoms with van der Waals surface area (Å²) in [7, 11) is 1.39. The van der Waals surface area contributed by atoms with Crippen molar-refractivity contribution in [3.8, 4) is 5.75 Å². The lowest BCUT2D eigenvalue weighted by molar-refractivity contribution is 0.176. The predicted molar refractivity (Wildman–Crippen MR) is 66.8 cm³/mol. The first-order valence-corrected chi connectivity index (χ1v) is 5.63. The van der Waals surface area contributed by atoms with Crippen LogP contribution in [0.5, 0.6) is 5.75 Å². The van der Waals surface area contributed by atoms with Crippen molar-refractivity contribution in [2.45, 2.75) is 25.9 Å². The number of methoxy groups -OCH3 is 1. The molecule has 0 aliphatic carbocycles. The standard InChI is InChI=1S/C12H19FN2O2/c1-3-4-8(16)7-15-11-6-12(17-2)9(13)5-10(11)14/h5-6,8,15-16H,3-4,7,14H2,1-2H3. The molecular formula is C12H19FN2O2. The van der Waals surface area contributed by atoms with Crippen LogP contribution < -0.4 is 15.8 Å². The molecule has 4 N–H and O–H groups in total. The van der Waals surface area contributed by atoms with E-state index in [9.17, 15) is 9.50 Å². The molecule has 1 aromatic carbocycles. The van der Waals surface area contributed by atoms with Gasteiger partial charge in [-0.1, -0.05) is 13.3 Å². The molecule has 0 fully saturated rings. The molecule has 0 aliphatic heterocycles. The monoisotopic (exact) mass is 242 g/mol. The molecule has 96 valence electrons. The summed E-state index contributed by atoms with van der Waals surface area (Å²) in [5.74, 6) is -0.365. The van der Waals surface area contributed by atoms with Gasteiger partial charge in [-0.05, 0) is 6.42 Å². The average molecular weight is 242 g/mol. The molecule has 0 bridgehead atoms. The number of benzene rings is 1. The van der Waals surface area contributed by atoms with Crippen molar-refractivity contribution in [2.75, 3.05) is 24.7 Å². The van der Waals surface area contributed by atoms with E-state index in [1.807, 2.05) is 6.92 Å². The van der Waals surface area contributed by atoms with Gasteiger partial charge in [-0.15, -0.1) is 0 Å². The Hall–Kier alpha value is -1.49. The second kappa shape index (κ2) is 6.30. The molecule has 1 unspecified atom stereocenters. The molecule has 17 heavy (non-hydrogen) atoms. The number of anilines is 2. The molecule has 0 radical (unpaired) electrons. The van der Waals surface area contributed by atoms with E-state index >= 15 is 0 Å². The van der Waals surface area contributed by atoms with Crippen LogP contribution in [0.4, 0.5) is 15.8 Å². The molecule has 0 aliphatic rings. The lowest BCUT2D eigenvalue weighted by atomic mass is 10.2. The Balaban J connectivity index is 2.70. The first kappa shape index (κ1) is 13.6. The summed E-state index contributed by atoms with van der Waals surface area (Å²) in [4.78, 5) is 0. The molecule has 0 saturated heterocycles. The summed E-state index contributed by atoms with van der Waals surface area (Å²) in [5, 5.41) is 12.6. The first-order chi connectivity index (χ1) is 8.08. The van der Waals surface area contributed by atoms with Gasteiger partial charge in [-0.3, -0.25) is 0 Å². The van der Waals surface area contributed by atoms with Crippen LogP contribution in [0.3, 0.4) is 0 Å². The third-order valence-corrected chi connectivity index (χ3v) is 2.47. The molecule has 1 aromatic rings. The van der Waals surface area contributed by atoms with Gasteiger partial charge in [0.15, 0.2) is 11.6 Å². The van der Waals surface area contributed by atoms with Crippen LogP contribution in [0.15, 0.2) is 12.1 Å². The third kappa shape index (κ3) is 3.78. The lowest BCUT2D eigenvalue weighted by Gasteiger charge is -2.14. The molecule has 0 aromatic heterocycles. The van der Waals surface area contributed by atoms with Crippen LogP contribution in [0.1, 0.15) is 19.8 Å². The fourth-order valence-electron chi connectivity index (χ4n) is 1.54. The van der Waals surface area contributed by atoms with Crippen molar-refractivity contribution >= 4 is 11.4 Å². The number of halogens is 1. The van der Waals surface area contributed by atoms with Gasteiger partial charge in [-0.25, -0.2) is 4.39 Å². The van der Waals surface area contributed by atoms with E-state index in [0.29, 0.717) is 24.3 Å². The normalized spacial score (nSPS) is 12.2. The minimum atomic E-state index is -0.496. The minimum Gasteiger partial charge on any atom is -0.494 e. The van der Waals surface area contributed by atoms with E-state index in [1.165, 1.54) is 19.2 Å². The highest BCUT2D eigenvalue weighted by molar-refractivity contribution is 5.68. The van der Waals surface area contributed by atoms with E-state index in [2.05, 4.69) is 5.32 Å². The summed E-state index contributed by atoms with van der Waals surface area (Å²) in [6.45, 7) is 2.38. The smallest absolute Gasteiger partial charge is 0.167 e. The number of hydrogen-bond donors (Lipinski definition) is 3. The van der Waals surface area contributed by atoms with Gasteiger partial charge in [0.05, 0.1) is 24.6 Å². The quantitative estimate of drug-likeness (QED) is 0.667. The van der Waals surface area contributed by atoms with E-state index in [4.69, 9.17) is 10.5 Å². The van der Waals surface area contributed by atoms with Crippen molar-refractivity contribution < 1.29 is 14.2 Å². The minimum absolute atomic E-state index is 0.131. The summed E-state index contributed by atoms with van der Waals surface area (Å²) < 4.78 is 18.1. The first-order valence-electron chi connectivity index (χ1n) is 5.63. The Morgan fingerprint density at radius 2 is 2.24 bits per heavy atom. The van der Waals surface area contributed by atoms with E-state index in [1.54, 1.807) is 0 Å². The number of aliphatic hydroxyl groups is 1. The Bertz CT molecular complexity index is 372. The van der Waals surface area contributed by atoms with E-state index in [-0.39, 0.29) is 5.75 Å². The fraction of sp³-hybridized carbons (Fsp3) is 0.500. The summed E-state index contributed by atoms with van der Waals surface area (Å²) in [6.07, 6.45) is 1.19. The van der Waals surface area contributed by atoms with Gasteiger partial charge in [0, 0.05) is 18.7 Å². The topological polar surface area (TPSA) is 67.5 Å². The van der Waals surface area contributed by atoms with Crippen molar-refractivity contribution in [1.29, 1.82) is 0 Å². The molecule has 5 heteroatoms. The number of nitrogens with one attached hydrogen (secondary N) is 1. The van der Waals surface area contributed by atoms with Crippen LogP contribution >= 0.6 is 0 Å². The molecule has 1 rings (SSSR count). The van der Waals surface area contributed by atoms with Crippen molar-refractivity contribution in [1.82, 2.24) is 0 Å². The largest absolute Gasteiger partial charge is 0.494 e. The molecule has 0 saturated carbocycles. The summed E-state index contributed by atoms with van der Waals surface area (Å²) in [5.41, 5.74) is 6.53. The van der Waals surface area contributed by atoms with Crippen LogP contribution in [-0.2, 0) is 0 Å². The zero-order chi connectivity index (χ0) is 12.8. The number of nitrogens with two attached hydrogens (primary N) is 1. The molecule has 4 nitrogen and oxygen atoms in total. The summed E-state index contributed by atoms with van der Waals surface area (Å²) >= 11 is 0. The predicted octanol–water partition coefficient (Wildman–Crippen LogP) is 1.99. The van der Waals surface area contributed by atoms with Crippen LogP contribution in [0.2, 0.25) is 0 Å². The van der Waals surface area contributed by atoms with Crippen molar-refractivity contribution in [3.05, 3.63) is 17.9 Å². The zero-order valence-corrected chi connectivity index (χ0v) is 10.2. The Morgan fingerprint density at radius 3 is 2.82 bits per heavy atom. The van der Waals surface area contributed by atoms with Gasteiger partial charge in [-0.2, -0.15) is 0 Å². The third-order valence-electron chi connectivity index (χ3n) is 2.47. The molecule has 0 spiro atoms. The Morgan fingerprint density at radius 1 is 1.53 bits per heavy atom. The van der Waals surface area contributed by atoms with Crippen LogP contribution in [-0.4, -0.2) is 24.9 Å². The molecule has 1 atom stereocenters. The molecule has 0 amide bonds. The van der Waals surface area contributed by atoms with Crippen molar-refractivity contribution in [3.63, 3.8) is 0 Å². The second-order valence-electron chi connectivity index (χ2n) is 3.90. The highest BCUT2D eigenvalue weighted by Crippen LogP contribution is 2.27. The zero-order valence-electron chi connectivity index (χ0n) is 10.2. The number of nitrogen functional groups attached to an aromatic ring is 1. The van der Waals surface area contributed by atoms with Gasteiger partial charge in [0.2, 0.25) is 0 Å². The van der Waals surface area contributed by atoms with Crippen LogP contribution in [0, 0.1) is 5.82 Å². The summed E-state index contributed by atoms with van der Waals surface area (Å²) in [6, 6.07) is 2.69. The number of hydrogen-bond acceptors (Lipinski definition) is 4. The van der Waals surface area contributed by atoms with Gasteiger partial charge in [0.25, 0.3) is 0 Å². The molecule has 0 heterocycles. The lowest BCUT2D eigenvalue weighted by Crippen LogP contribution is -2.19. The number of aliphatic hydroxyl groups excluding tert-OH is 1. The number of ether oxygens (including phenoxy) is 1. The van der Waals surface area contributed by atoms with E-state index < -0.39 is 11.9 Å². The van der Waals surface area contributed by atoms with Gasteiger partial charge in [0.1, 0.15) is 0 Å². The maximum absolute atomic E-state index is 13.3. The highest BCUT2D eigenvalue weighted by Gasteiger charge is 2.09. The maximum atomic E-state index is 13.3. The molecular weight excluding hydrogens is 223 g/mol. The number of rotatable bonds is 6. The Kier molecular flexibility index (Phi) is 5.03.